The number of aryl methyl sites for hydroxylation is 1. The minimum absolute atomic E-state index is 0.448. The van der Waals surface area contributed by atoms with E-state index in [-0.39, 0.29) is 0 Å². The van der Waals surface area contributed by atoms with E-state index in [1.165, 1.54) is 12.1 Å². The Hall–Kier alpha value is -0.783. The van der Waals surface area contributed by atoms with Crippen LogP contribution in [-0.2, 0) is 15.3 Å². The van der Waals surface area contributed by atoms with Gasteiger partial charge < -0.3 is 8.85 Å². The van der Waals surface area contributed by atoms with Crippen LogP contribution < -0.4 is 0 Å². The summed E-state index contributed by atoms with van der Waals surface area (Å²) in [6.45, 7) is 2.09. The maximum atomic E-state index is 13.4. The molecule has 1 aromatic rings. The lowest BCUT2D eigenvalue weighted by Crippen LogP contribution is -2.38. The third-order valence-corrected chi connectivity index (χ3v) is 7.48. The lowest BCUT2D eigenvalue weighted by Gasteiger charge is -2.25. The summed E-state index contributed by atoms with van der Waals surface area (Å²) in [4.78, 5) is 0. The Balaban J connectivity index is 2.31. The molecule has 1 rings (SSSR count). The van der Waals surface area contributed by atoms with Gasteiger partial charge in [0.2, 0.25) is 0 Å². The number of halogens is 2. The van der Waals surface area contributed by atoms with Crippen molar-refractivity contribution in [2.24, 2.45) is 0 Å². The van der Waals surface area contributed by atoms with Gasteiger partial charge in [-0.1, -0.05) is 25.8 Å². The average Bonchev–Trinajstić information content (AvgIpc) is 2.45. The molecule has 0 aromatic heterocycles. The molecule has 2 nitrogen and oxygen atoms in total. The maximum Gasteiger partial charge on any atom is 0.337 e. The summed E-state index contributed by atoms with van der Waals surface area (Å²) in [5.74, 6) is -0.971. The zero-order valence-corrected chi connectivity index (χ0v) is 13.5. The van der Waals surface area contributed by atoms with Crippen LogP contribution in [0, 0.1) is 11.6 Å². The monoisotopic (exact) mass is 302 g/mol. The van der Waals surface area contributed by atoms with Crippen LogP contribution in [0.25, 0.3) is 0 Å². The van der Waals surface area contributed by atoms with Crippen LogP contribution in [0.4, 0.5) is 8.78 Å². The predicted octanol–water partition coefficient (Wildman–Crippen LogP) is 4.43. The van der Waals surface area contributed by atoms with E-state index in [0.29, 0.717) is 12.0 Å². The Morgan fingerprint density at radius 1 is 1.05 bits per heavy atom. The minimum atomic E-state index is -1.99. The second kappa shape index (κ2) is 8.49. The first-order chi connectivity index (χ1) is 9.56. The summed E-state index contributed by atoms with van der Waals surface area (Å²) in [6, 6.07) is 5.68. The lowest BCUT2D eigenvalue weighted by molar-refractivity contribution is 0.241. The first-order valence-corrected chi connectivity index (χ1v) is 9.34. The van der Waals surface area contributed by atoms with Gasteiger partial charge in [0.25, 0.3) is 0 Å². The molecule has 0 aliphatic heterocycles. The molecule has 0 amide bonds. The van der Waals surface area contributed by atoms with E-state index in [0.717, 1.165) is 37.4 Å². The van der Waals surface area contributed by atoms with Crippen LogP contribution in [-0.4, -0.2) is 22.8 Å². The highest BCUT2D eigenvalue weighted by Crippen LogP contribution is 2.21. The third kappa shape index (κ3) is 4.96. The van der Waals surface area contributed by atoms with Crippen molar-refractivity contribution in [3.05, 3.63) is 35.4 Å². The second-order valence-corrected chi connectivity index (χ2v) is 8.81. The Morgan fingerprint density at radius 3 is 2.30 bits per heavy atom. The molecule has 0 fully saturated rings. The summed E-state index contributed by atoms with van der Waals surface area (Å²) in [6.07, 6.45) is 3.56. The Morgan fingerprint density at radius 2 is 1.75 bits per heavy atom. The quantitative estimate of drug-likeness (QED) is 0.496. The molecular formula is C15H24F2O2Si. The molecule has 5 heteroatoms. The second-order valence-electron chi connectivity index (χ2n) is 4.97. The van der Waals surface area contributed by atoms with Gasteiger partial charge in [-0.25, -0.2) is 8.78 Å². The zero-order valence-electron chi connectivity index (χ0n) is 12.5. The van der Waals surface area contributed by atoms with Gasteiger partial charge in [-0.15, -0.1) is 0 Å². The molecule has 0 radical (unpaired) electrons. The van der Waals surface area contributed by atoms with E-state index in [1.54, 1.807) is 14.2 Å². The molecule has 0 saturated carbocycles. The van der Waals surface area contributed by atoms with Gasteiger partial charge in [-0.3, -0.25) is 0 Å². The van der Waals surface area contributed by atoms with Gasteiger partial charge in [0, 0.05) is 20.3 Å². The molecule has 0 bridgehead atoms. The molecule has 1 aromatic carbocycles. The maximum absolute atomic E-state index is 13.4. The molecule has 0 atom stereocenters. The number of hydrogen-bond acceptors (Lipinski definition) is 2. The highest BCUT2D eigenvalue weighted by atomic mass is 28.4. The van der Waals surface area contributed by atoms with Crippen LogP contribution >= 0.6 is 0 Å². The van der Waals surface area contributed by atoms with Crippen molar-refractivity contribution < 1.29 is 17.6 Å². The summed E-state index contributed by atoms with van der Waals surface area (Å²) in [5, 5.41) is 0. The van der Waals surface area contributed by atoms with Gasteiger partial charge in [-0.05, 0) is 36.6 Å². The zero-order chi connectivity index (χ0) is 15.0. The van der Waals surface area contributed by atoms with Crippen molar-refractivity contribution in [1.29, 1.82) is 0 Å². The first kappa shape index (κ1) is 17.3. The highest BCUT2D eigenvalue weighted by molar-refractivity contribution is 6.67. The summed E-state index contributed by atoms with van der Waals surface area (Å²) < 4.78 is 37.3. The van der Waals surface area contributed by atoms with Crippen LogP contribution in [0.15, 0.2) is 18.2 Å². The fourth-order valence-corrected chi connectivity index (χ4v) is 4.66. The van der Waals surface area contributed by atoms with Gasteiger partial charge in [0.05, 0.1) is 0 Å². The summed E-state index contributed by atoms with van der Waals surface area (Å²) in [5.41, 5.74) is 0.587. The molecule has 0 aliphatic rings. The number of benzene rings is 1. The Bertz CT molecular complexity index is 401. The molecule has 114 valence electrons. The Kier molecular flexibility index (Phi) is 7.33. The van der Waals surface area contributed by atoms with Crippen molar-refractivity contribution >= 4 is 8.56 Å². The molecule has 0 unspecified atom stereocenters. The Labute approximate surface area is 121 Å². The van der Waals surface area contributed by atoms with Gasteiger partial charge >= 0.3 is 8.56 Å². The smallest absolute Gasteiger partial charge is 0.337 e. The van der Waals surface area contributed by atoms with Crippen LogP contribution in [0.3, 0.4) is 0 Å². The molecule has 0 N–H and O–H groups in total. The molecule has 20 heavy (non-hydrogen) atoms. The van der Waals surface area contributed by atoms with Crippen molar-refractivity contribution in [2.45, 2.75) is 44.7 Å². The SMILES string of the molecule is CC[Si](CCCCCc1ccc(F)cc1F)(OC)OC. The van der Waals surface area contributed by atoms with Crippen LogP contribution in [0.5, 0.6) is 0 Å². The molecule has 0 spiro atoms. The fraction of sp³-hybridized carbons (Fsp3) is 0.600. The van der Waals surface area contributed by atoms with Crippen molar-refractivity contribution in [3.63, 3.8) is 0 Å². The van der Waals surface area contributed by atoms with Crippen molar-refractivity contribution in [1.82, 2.24) is 0 Å². The largest absolute Gasteiger partial charge is 0.398 e. The average molecular weight is 302 g/mol. The van der Waals surface area contributed by atoms with Gasteiger partial charge in [0.15, 0.2) is 0 Å². The molecule has 0 saturated heterocycles. The minimum Gasteiger partial charge on any atom is -0.398 e. The van der Waals surface area contributed by atoms with E-state index in [4.69, 9.17) is 8.85 Å². The van der Waals surface area contributed by atoms with Crippen LogP contribution in [0.1, 0.15) is 31.7 Å². The van der Waals surface area contributed by atoms with E-state index < -0.39 is 20.2 Å². The number of unbranched alkanes of at least 4 members (excludes halogenated alkanes) is 2. The topological polar surface area (TPSA) is 18.5 Å². The summed E-state index contributed by atoms with van der Waals surface area (Å²) in [7, 11) is 1.44. The normalized spacial score (nSPS) is 11.8. The molecule has 0 aliphatic carbocycles. The number of hydrogen-bond donors (Lipinski definition) is 0. The van der Waals surface area contributed by atoms with Crippen molar-refractivity contribution in [2.75, 3.05) is 14.2 Å². The standard InChI is InChI=1S/C15H24F2O2Si/c1-4-20(18-2,19-3)11-7-5-6-8-13-9-10-14(16)12-15(13)17/h9-10,12H,4-8,11H2,1-3H3. The summed E-state index contributed by atoms with van der Waals surface area (Å²) >= 11 is 0. The van der Waals surface area contributed by atoms with Gasteiger partial charge in [-0.2, -0.15) is 0 Å². The van der Waals surface area contributed by atoms with E-state index in [1.807, 2.05) is 0 Å². The fourth-order valence-electron chi connectivity index (χ4n) is 2.36. The first-order valence-electron chi connectivity index (χ1n) is 7.11. The van der Waals surface area contributed by atoms with E-state index in [2.05, 4.69) is 6.92 Å². The van der Waals surface area contributed by atoms with Crippen LogP contribution in [0.2, 0.25) is 12.1 Å². The molecule has 0 heterocycles. The number of rotatable bonds is 9. The lowest BCUT2D eigenvalue weighted by atomic mass is 10.1. The highest BCUT2D eigenvalue weighted by Gasteiger charge is 2.32. The van der Waals surface area contributed by atoms with Crippen molar-refractivity contribution in [3.8, 4) is 0 Å². The van der Waals surface area contributed by atoms with Gasteiger partial charge in [0.1, 0.15) is 11.6 Å². The predicted molar refractivity (Wildman–Crippen MR) is 79.0 cm³/mol. The van der Waals surface area contributed by atoms with E-state index in [9.17, 15) is 8.78 Å². The molecular weight excluding hydrogens is 278 g/mol. The van der Waals surface area contributed by atoms with E-state index >= 15 is 0 Å². The third-order valence-electron chi connectivity index (χ3n) is 3.80.